The Bertz CT molecular complexity index is 1390. The first-order valence-electron chi connectivity index (χ1n) is 18.8. The zero-order chi connectivity index (χ0) is 31.3. The number of fused-ring (bicyclic) bond motifs is 2. The highest BCUT2D eigenvalue weighted by molar-refractivity contribution is 5.49. The summed E-state index contributed by atoms with van der Waals surface area (Å²) in [5.41, 5.74) is 3.78. The molecule has 0 aromatic heterocycles. The van der Waals surface area contributed by atoms with Crippen molar-refractivity contribution in [3.8, 4) is 11.5 Å². The standard InChI is InChI=1S/2C20H27NO2/c2*22-16-6-5-15-11-18-20(23)8-2-1-7-19(20,17(15)12-16)9-10-21(18)13-14-3-4-14/h2*5-6,12,14,18,22-23H,1-4,7-11,13H2/t2*18-,19+,20-/m11/s1. The van der Waals surface area contributed by atoms with E-state index in [-0.39, 0.29) is 22.9 Å². The molecular formula is C40H54N2O4. The van der Waals surface area contributed by atoms with Crippen LogP contribution in [0, 0.1) is 11.8 Å². The molecule has 0 spiro atoms. The maximum absolute atomic E-state index is 11.9. The third-order valence-electron chi connectivity index (χ3n) is 14.5. The van der Waals surface area contributed by atoms with Crippen molar-refractivity contribution in [3.63, 3.8) is 0 Å². The summed E-state index contributed by atoms with van der Waals surface area (Å²) < 4.78 is 0. The van der Waals surface area contributed by atoms with Gasteiger partial charge in [-0.25, -0.2) is 0 Å². The second-order valence-corrected chi connectivity index (χ2v) is 16.9. The van der Waals surface area contributed by atoms with Gasteiger partial charge in [0.15, 0.2) is 0 Å². The first-order chi connectivity index (χ1) is 22.2. The van der Waals surface area contributed by atoms with Crippen molar-refractivity contribution >= 4 is 0 Å². The van der Waals surface area contributed by atoms with Gasteiger partial charge in [-0.1, -0.05) is 37.8 Å². The van der Waals surface area contributed by atoms with Gasteiger partial charge in [-0.2, -0.15) is 0 Å². The summed E-state index contributed by atoms with van der Waals surface area (Å²) in [5, 5.41) is 43.8. The van der Waals surface area contributed by atoms with Gasteiger partial charge in [0, 0.05) is 36.0 Å². The largest absolute Gasteiger partial charge is 0.508 e. The number of rotatable bonds is 4. The van der Waals surface area contributed by atoms with Gasteiger partial charge in [-0.05, 0) is 148 Å². The average Bonchev–Trinajstić information content (AvgIpc) is 3.98. The molecule has 2 aromatic rings. The Kier molecular flexibility index (Phi) is 6.97. The highest BCUT2D eigenvalue weighted by Crippen LogP contribution is 2.60. The summed E-state index contributed by atoms with van der Waals surface area (Å²) in [7, 11) is 0. The zero-order valence-electron chi connectivity index (χ0n) is 27.6. The smallest absolute Gasteiger partial charge is 0.115 e. The lowest BCUT2D eigenvalue weighted by Gasteiger charge is -2.64. The molecule has 6 nitrogen and oxygen atoms in total. The number of phenolic OH excluding ortho intramolecular Hbond substituents is 2. The number of phenols is 2. The molecule has 6 atom stereocenters. The summed E-state index contributed by atoms with van der Waals surface area (Å²) in [6.45, 7) is 4.57. The van der Waals surface area contributed by atoms with E-state index in [1.54, 1.807) is 0 Å². The van der Waals surface area contributed by atoms with Gasteiger partial charge in [0.2, 0.25) is 0 Å². The minimum Gasteiger partial charge on any atom is -0.508 e. The number of aliphatic hydroxyl groups is 2. The molecule has 2 aliphatic heterocycles. The van der Waals surface area contributed by atoms with Crippen LogP contribution < -0.4 is 0 Å². The fraction of sp³-hybridized carbons (Fsp3) is 0.700. The molecular weight excluding hydrogens is 572 g/mol. The lowest BCUT2D eigenvalue weighted by atomic mass is 9.49. The van der Waals surface area contributed by atoms with Gasteiger partial charge < -0.3 is 20.4 Å². The molecule has 4 bridgehead atoms. The van der Waals surface area contributed by atoms with E-state index < -0.39 is 11.2 Å². The summed E-state index contributed by atoms with van der Waals surface area (Å²) in [4.78, 5) is 5.22. The molecule has 6 heteroatoms. The molecule has 8 aliphatic rings. The lowest BCUT2D eigenvalue weighted by molar-refractivity contribution is -0.166. The van der Waals surface area contributed by atoms with Crippen LogP contribution in [0.1, 0.15) is 112 Å². The number of hydrogen-bond acceptors (Lipinski definition) is 6. The molecule has 4 N–H and O–H groups in total. The number of aromatic hydroxyl groups is 2. The van der Waals surface area contributed by atoms with Crippen LogP contribution in [0.2, 0.25) is 0 Å². The van der Waals surface area contributed by atoms with E-state index >= 15 is 0 Å². The SMILES string of the molecule is Oc1ccc2c(c1)[C@@]13CCCC[C@@]1(O)[C@@H](C2)N(CC1CC1)CC3.Oc1ccc2c(c1)[C@@]13CCCC[C@@]1(O)[C@@H](C2)N(CC1CC1)CC3. The molecule has 0 amide bonds. The van der Waals surface area contributed by atoms with E-state index in [2.05, 4.69) is 21.9 Å². The maximum atomic E-state index is 11.9. The minimum atomic E-state index is -0.598. The van der Waals surface area contributed by atoms with Crippen LogP contribution in [0.25, 0.3) is 0 Å². The Balaban J connectivity index is 0.000000127. The van der Waals surface area contributed by atoms with Crippen LogP contribution in [0.15, 0.2) is 36.4 Å². The number of benzene rings is 2. The maximum Gasteiger partial charge on any atom is 0.115 e. The fourth-order valence-corrected chi connectivity index (χ4v) is 11.9. The Labute approximate surface area is 274 Å². The van der Waals surface area contributed by atoms with Crippen molar-refractivity contribution in [2.24, 2.45) is 11.8 Å². The van der Waals surface area contributed by atoms with Gasteiger partial charge in [-0.3, -0.25) is 9.80 Å². The first kappa shape index (κ1) is 30.0. The molecule has 0 radical (unpaired) electrons. The van der Waals surface area contributed by atoms with Crippen molar-refractivity contribution in [2.75, 3.05) is 26.2 Å². The molecule has 2 saturated heterocycles. The quantitative estimate of drug-likeness (QED) is 0.336. The minimum absolute atomic E-state index is 0.123. The Morgan fingerprint density at radius 1 is 0.565 bits per heavy atom. The summed E-state index contributed by atoms with van der Waals surface area (Å²) >= 11 is 0. The van der Waals surface area contributed by atoms with Gasteiger partial charge in [-0.15, -0.1) is 0 Å². The van der Waals surface area contributed by atoms with E-state index in [4.69, 9.17) is 0 Å². The van der Waals surface area contributed by atoms with E-state index in [1.807, 2.05) is 24.3 Å². The van der Waals surface area contributed by atoms with Crippen molar-refractivity contribution in [1.82, 2.24) is 9.80 Å². The first-order valence-corrected chi connectivity index (χ1v) is 18.8. The molecule has 6 aliphatic carbocycles. The van der Waals surface area contributed by atoms with Crippen LogP contribution in [0.5, 0.6) is 11.5 Å². The third-order valence-corrected chi connectivity index (χ3v) is 14.5. The molecule has 2 heterocycles. The van der Waals surface area contributed by atoms with E-state index in [9.17, 15) is 20.4 Å². The molecule has 248 valence electrons. The highest BCUT2D eigenvalue weighted by atomic mass is 16.3. The lowest BCUT2D eigenvalue weighted by Crippen LogP contribution is -2.72. The van der Waals surface area contributed by atoms with Crippen molar-refractivity contribution in [3.05, 3.63) is 58.7 Å². The fourth-order valence-electron chi connectivity index (χ4n) is 11.9. The van der Waals surface area contributed by atoms with Crippen LogP contribution in [-0.4, -0.2) is 79.7 Å². The molecule has 6 fully saturated rings. The summed E-state index contributed by atoms with van der Waals surface area (Å²) in [6, 6.07) is 12.3. The van der Waals surface area contributed by atoms with Gasteiger partial charge in [0.25, 0.3) is 0 Å². The predicted molar refractivity (Wildman–Crippen MR) is 179 cm³/mol. The normalized spacial score (nSPS) is 39.6. The molecule has 0 unspecified atom stereocenters. The van der Waals surface area contributed by atoms with Crippen LogP contribution in [0.3, 0.4) is 0 Å². The zero-order valence-corrected chi connectivity index (χ0v) is 27.6. The third kappa shape index (κ3) is 4.42. The average molecular weight is 627 g/mol. The summed E-state index contributed by atoms with van der Waals surface area (Å²) in [6.07, 6.45) is 18.2. The Morgan fingerprint density at radius 3 is 1.39 bits per heavy atom. The number of hydrogen-bond donors (Lipinski definition) is 4. The second-order valence-electron chi connectivity index (χ2n) is 16.9. The van der Waals surface area contributed by atoms with Crippen molar-refractivity contribution in [2.45, 2.75) is 137 Å². The molecule has 46 heavy (non-hydrogen) atoms. The van der Waals surface area contributed by atoms with Crippen LogP contribution in [-0.2, 0) is 23.7 Å². The Hall–Kier alpha value is -2.12. The molecule has 10 rings (SSSR count). The van der Waals surface area contributed by atoms with Crippen molar-refractivity contribution < 1.29 is 20.4 Å². The monoisotopic (exact) mass is 626 g/mol. The van der Waals surface area contributed by atoms with Crippen LogP contribution >= 0.6 is 0 Å². The number of likely N-dealkylation sites (tertiary alicyclic amines) is 2. The predicted octanol–water partition coefficient (Wildman–Crippen LogP) is 5.95. The van der Waals surface area contributed by atoms with E-state index in [0.29, 0.717) is 11.5 Å². The highest BCUT2D eigenvalue weighted by Gasteiger charge is 2.64. The number of piperidine rings is 2. The van der Waals surface area contributed by atoms with Crippen molar-refractivity contribution in [1.29, 1.82) is 0 Å². The summed E-state index contributed by atoms with van der Waals surface area (Å²) in [5.74, 6) is 2.45. The van der Waals surface area contributed by atoms with E-state index in [0.717, 1.165) is 89.1 Å². The topological polar surface area (TPSA) is 87.4 Å². The number of nitrogens with zero attached hydrogens (tertiary/aromatic N) is 2. The van der Waals surface area contributed by atoms with E-state index in [1.165, 1.54) is 73.9 Å². The second kappa shape index (κ2) is 10.7. The van der Waals surface area contributed by atoms with Crippen LogP contribution in [0.4, 0.5) is 0 Å². The van der Waals surface area contributed by atoms with Gasteiger partial charge >= 0.3 is 0 Å². The van der Waals surface area contributed by atoms with Gasteiger partial charge in [0.05, 0.1) is 11.2 Å². The Morgan fingerprint density at radius 2 is 0.978 bits per heavy atom. The molecule has 2 aromatic carbocycles. The van der Waals surface area contributed by atoms with Gasteiger partial charge in [0.1, 0.15) is 11.5 Å². The molecule has 4 saturated carbocycles.